The van der Waals surface area contributed by atoms with Crippen LogP contribution in [0.4, 0.5) is 5.69 Å². The summed E-state index contributed by atoms with van der Waals surface area (Å²) in [6.45, 7) is 2.02. The Kier molecular flexibility index (Phi) is 4.86. The van der Waals surface area contributed by atoms with Crippen molar-refractivity contribution >= 4 is 29.1 Å². The molecule has 0 saturated heterocycles. The van der Waals surface area contributed by atoms with Crippen LogP contribution in [0, 0.1) is 0 Å². The lowest BCUT2D eigenvalue weighted by Gasteiger charge is -2.23. The van der Waals surface area contributed by atoms with E-state index < -0.39 is 6.04 Å². The lowest BCUT2D eigenvalue weighted by molar-refractivity contribution is -0.125. The summed E-state index contributed by atoms with van der Waals surface area (Å²) in [4.78, 5) is 26.1. The van der Waals surface area contributed by atoms with Crippen LogP contribution in [0.15, 0.2) is 48.5 Å². The number of nitrogens with one attached hydrogen (secondary N) is 1. The summed E-state index contributed by atoms with van der Waals surface area (Å²) in [7, 11) is 0. The zero-order valence-corrected chi connectivity index (χ0v) is 14.2. The molecular weight excluding hydrogens is 324 g/mol. The average Bonchev–Trinajstić information content (AvgIpc) is 2.96. The third kappa shape index (κ3) is 3.44. The molecule has 2 aromatic carbocycles. The minimum absolute atomic E-state index is 0.113. The van der Waals surface area contributed by atoms with E-state index in [9.17, 15) is 9.59 Å². The van der Waals surface area contributed by atoms with E-state index >= 15 is 0 Å². The number of hydrogen-bond donors (Lipinski definition) is 1. The minimum atomic E-state index is -0.467. The average molecular weight is 343 g/mol. The maximum absolute atomic E-state index is 12.5. The Hall–Kier alpha value is -2.33. The number of rotatable bonds is 4. The van der Waals surface area contributed by atoms with E-state index in [1.807, 2.05) is 48.5 Å². The Morgan fingerprint density at radius 2 is 1.88 bits per heavy atom. The number of hydrogen-bond acceptors (Lipinski definition) is 2. The van der Waals surface area contributed by atoms with E-state index in [4.69, 9.17) is 11.6 Å². The molecule has 1 N–H and O–H groups in total. The molecule has 5 heteroatoms. The van der Waals surface area contributed by atoms with Crippen LogP contribution in [0.1, 0.15) is 18.1 Å². The molecule has 0 spiro atoms. The number of nitrogens with zero attached hydrogens (tertiary/aromatic N) is 1. The summed E-state index contributed by atoms with van der Waals surface area (Å²) in [5.74, 6) is -0.229. The molecular formula is C19H19ClN2O2. The number of carbonyl (C=O) groups is 2. The molecule has 3 rings (SSSR count). The zero-order chi connectivity index (χ0) is 17.1. The Balaban J connectivity index is 1.62. The summed E-state index contributed by atoms with van der Waals surface area (Å²) in [6, 6.07) is 14.8. The Morgan fingerprint density at radius 3 is 2.58 bits per heavy atom. The molecule has 0 aromatic heterocycles. The summed E-state index contributed by atoms with van der Waals surface area (Å²) >= 11 is 5.86. The van der Waals surface area contributed by atoms with Crippen LogP contribution >= 0.6 is 11.6 Å². The monoisotopic (exact) mass is 342 g/mol. The van der Waals surface area contributed by atoms with Gasteiger partial charge >= 0.3 is 0 Å². The van der Waals surface area contributed by atoms with Crippen LogP contribution in [0.2, 0.25) is 5.02 Å². The van der Waals surface area contributed by atoms with Crippen LogP contribution < -0.4 is 10.2 Å². The number of fused-ring (bicyclic) bond motifs is 1. The molecule has 1 aliphatic rings. The Labute approximate surface area is 146 Å². The van der Waals surface area contributed by atoms with Gasteiger partial charge in [-0.15, -0.1) is 0 Å². The Bertz CT molecular complexity index is 758. The van der Waals surface area contributed by atoms with E-state index in [0.717, 1.165) is 23.2 Å². The number of halogens is 1. The van der Waals surface area contributed by atoms with Gasteiger partial charge in [-0.25, -0.2) is 0 Å². The predicted octanol–water partition coefficient (Wildman–Crippen LogP) is 2.98. The predicted molar refractivity (Wildman–Crippen MR) is 95.3 cm³/mol. The molecule has 0 radical (unpaired) electrons. The third-order valence-electron chi connectivity index (χ3n) is 4.24. The van der Waals surface area contributed by atoms with Gasteiger partial charge in [0.2, 0.25) is 11.8 Å². The molecule has 124 valence electrons. The van der Waals surface area contributed by atoms with Crippen molar-refractivity contribution in [1.82, 2.24) is 5.32 Å². The number of carbonyl (C=O) groups excluding carboxylic acids is 2. The highest BCUT2D eigenvalue weighted by Gasteiger charge is 2.36. The zero-order valence-electron chi connectivity index (χ0n) is 13.5. The van der Waals surface area contributed by atoms with Gasteiger partial charge in [-0.2, -0.15) is 0 Å². The van der Waals surface area contributed by atoms with Crippen LogP contribution in [0.5, 0.6) is 0 Å². The largest absolute Gasteiger partial charge is 0.354 e. The fourth-order valence-corrected chi connectivity index (χ4v) is 3.21. The number of amides is 2. The van der Waals surface area contributed by atoms with Gasteiger partial charge in [-0.3, -0.25) is 14.5 Å². The van der Waals surface area contributed by atoms with E-state index in [1.165, 1.54) is 6.92 Å². The van der Waals surface area contributed by atoms with Crippen molar-refractivity contribution in [1.29, 1.82) is 0 Å². The second-order valence-corrected chi connectivity index (χ2v) is 6.34. The minimum Gasteiger partial charge on any atom is -0.354 e. The SMILES string of the molecule is CC(=O)N1c2ccccc2C[C@H]1C(=O)NCCc1ccc(Cl)cc1. The highest BCUT2D eigenvalue weighted by atomic mass is 35.5. The van der Waals surface area contributed by atoms with E-state index in [2.05, 4.69) is 5.32 Å². The van der Waals surface area contributed by atoms with Crippen molar-refractivity contribution in [3.63, 3.8) is 0 Å². The molecule has 0 saturated carbocycles. The molecule has 4 nitrogen and oxygen atoms in total. The normalized spacial score (nSPS) is 15.9. The van der Waals surface area contributed by atoms with Gasteiger partial charge in [0.15, 0.2) is 0 Å². The molecule has 24 heavy (non-hydrogen) atoms. The summed E-state index contributed by atoms with van der Waals surface area (Å²) in [6.07, 6.45) is 1.28. The molecule has 2 aromatic rings. The fourth-order valence-electron chi connectivity index (χ4n) is 3.08. The first kappa shape index (κ1) is 16.5. The van der Waals surface area contributed by atoms with E-state index in [-0.39, 0.29) is 11.8 Å². The van der Waals surface area contributed by atoms with Crippen molar-refractivity contribution < 1.29 is 9.59 Å². The Morgan fingerprint density at radius 1 is 1.17 bits per heavy atom. The lowest BCUT2D eigenvalue weighted by Crippen LogP contribution is -2.47. The van der Waals surface area contributed by atoms with Crippen molar-refractivity contribution in [2.75, 3.05) is 11.4 Å². The van der Waals surface area contributed by atoms with Gasteiger partial charge in [-0.05, 0) is 35.7 Å². The van der Waals surface area contributed by atoms with Gasteiger partial charge in [0, 0.05) is 30.6 Å². The van der Waals surface area contributed by atoms with Gasteiger partial charge < -0.3 is 5.32 Å². The van der Waals surface area contributed by atoms with E-state index in [0.29, 0.717) is 18.0 Å². The van der Waals surface area contributed by atoms with Gasteiger partial charge in [0.05, 0.1) is 0 Å². The first-order chi connectivity index (χ1) is 11.6. The first-order valence-corrected chi connectivity index (χ1v) is 8.34. The second kappa shape index (κ2) is 7.05. The van der Waals surface area contributed by atoms with Gasteiger partial charge in [0.1, 0.15) is 6.04 Å². The molecule has 0 bridgehead atoms. The second-order valence-electron chi connectivity index (χ2n) is 5.91. The number of para-hydroxylation sites is 1. The van der Waals surface area contributed by atoms with Crippen LogP contribution in [0.25, 0.3) is 0 Å². The van der Waals surface area contributed by atoms with Crippen molar-refractivity contribution in [3.8, 4) is 0 Å². The summed E-state index contributed by atoms with van der Waals surface area (Å²) in [5, 5.41) is 3.64. The molecule has 0 aliphatic carbocycles. The van der Waals surface area contributed by atoms with Gasteiger partial charge in [0.25, 0.3) is 0 Å². The maximum atomic E-state index is 12.5. The quantitative estimate of drug-likeness (QED) is 0.928. The van der Waals surface area contributed by atoms with Gasteiger partial charge in [-0.1, -0.05) is 41.9 Å². The highest BCUT2D eigenvalue weighted by Crippen LogP contribution is 2.32. The molecule has 1 heterocycles. The lowest BCUT2D eigenvalue weighted by atomic mass is 10.1. The third-order valence-corrected chi connectivity index (χ3v) is 4.50. The van der Waals surface area contributed by atoms with E-state index in [1.54, 1.807) is 4.90 Å². The highest BCUT2D eigenvalue weighted by molar-refractivity contribution is 6.30. The van der Waals surface area contributed by atoms with Crippen LogP contribution in [-0.4, -0.2) is 24.4 Å². The molecule has 0 unspecified atom stereocenters. The number of benzene rings is 2. The van der Waals surface area contributed by atoms with Crippen molar-refractivity contribution in [2.24, 2.45) is 0 Å². The molecule has 0 fully saturated rings. The molecule has 2 amide bonds. The smallest absolute Gasteiger partial charge is 0.243 e. The van der Waals surface area contributed by atoms with Crippen molar-refractivity contribution in [3.05, 3.63) is 64.7 Å². The van der Waals surface area contributed by atoms with Crippen molar-refractivity contribution in [2.45, 2.75) is 25.8 Å². The van der Waals surface area contributed by atoms with Crippen LogP contribution in [-0.2, 0) is 22.4 Å². The van der Waals surface area contributed by atoms with Crippen LogP contribution in [0.3, 0.4) is 0 Å². The molecule has 1 atom stereocenters. The summed E-state index contributed by atoms with van der Waals surface area (Å²) < 4.78 is 0. The fraction of sp³-hybridized carbons (Fsp3) is 0.263. The standard InChI is InChI=1S/C19H19ClN2O2/c1-13(23)22-17-5-3-2-4-15(17)12-18(22)19(24)21-11-10-14-6-8-16(20)9-7-14/h2-9,18H,10-12H2,1H3,(H,21,24)/t18-/m0/s1. The summed E-state index contributed by atoms with van der Waals surface area (Å²) in [5.41, 5.74) is 2.98. The number of anilines is 1. The first-order valence-electron chi connectivity index (χ1n) is 7.96. The topological polar surface area (TPSA) is 49.4 Å². The maximum Gasteiger partial charge on any atom is 0.243 e. The molecule has 1 aliphatic heterocycles.